The number of ether oxygens (including phenoxy) is 2. The van der Waals surface area contributed by atoms with Gasteiger partial charge < -0.3 is 9.47 Å². The predicted molar refractivity (Wildman–Crippen MR) is 127 cm³/mol. The minimum absolute atomic E-state index is 0.0132. The van der Waals surface area contributed by atoms with Crippen LogP contribution in [0.3, 0.4) is 0 Å². The summed E-state index contributed by atoms with van der Waals surface area (Å²) in [6, 6.07) is 13.4. The molecular formula is C24H31N3O6S. The van der Waals surface area contributed by atoms with Crippen LogP contribution >= 0.6 is 0 Å². The van der Waals surface area contributed by atoms with E-state index in [4.69, 9.17) is 9.47 Å². The number of amides is 2. The van der Waals surface area contributed by atoms with Gasteiger partial charge in [0, 0.05) is 18.7 Å². The Balaban J connectivity index is 1.48. The lowest BCUT2D eigenvalue weighted by molar-refractivity contribution is -0.122. The number of benzene rings is 2. The first-order valence-electron chi connectivity index (χ1n) is 11.1. The zero-order valence-corrected chi connectivity index (χ0v) is 20.5. The Morgan fingerprint density at radius 3 is 2.35 bits per heavy atom. The minimum Gasteiger partial charge on any atom is -0.493 e. The Labute approximate surface area is 200 Å². The van der Waals surface area contributed by atoms with Crippen molar-refractivity contribution in [3.05, 3.63) is 59.7 Å². The molecule has 0 atom stereocenters. The van der Waals surface area contributed by atoms with Crippen LogP contribution in [0.4, 0.5) is 0 Å². The molecule has 0 unspecified atom stereocenters. The summed E-state index contributed by atoms with van der Waals surface area (Å²) in [6.45, 7) is 7.70. The lowest BCUT2D eigenvalue weighted by Crippen LogP contribution is -2.42. The first-order valence-corrected chi connectivity index (χ1v) is 12.5. The molecule has 184 valence electrons. The number of hydrogen-bond acceptors (Lipinski definition) is 6. The van der Waals surface area contributed by atoms with Gasteiger partial charge in [-0.05, 0) is 41.3 Å². The van der Waals surface area contributed by atoms with Gasteiger partial charge in [-0.3, -0.25) is 20.4 Å². The third-order valence-electron chi connectivity index (χ3n) is 5.34. The van der Waals surface area contributed by atoms with E-state index >= 15 is 0 Å². The van der Waals surface area contributed by atoms with E-state index in [-0.39, 0.29) is 42.0 Å². The van der Waals surface area contributed by atoms with Gasteiger partial charge in [-0.1, -0.05) is 39.0 Å². The van der Waals surface area contributed by atoms with Gasteiger partial charge in [-0.25, -0.2) is 8.42 Å². The third-order valence-corrected chi connectivity index (χ3v) is 7.23. The normalized spacial score (nSPS) is 14.9. The van der Waals surface area contributed by atoms with Gasteiger partial charge in [-0.2, -0.15) is 4.31 Å². The number of carbonyl (C=O) groups is 2. The van der Waals surface area contributed by atoms with E-state index < -0.39 is 21.8 Å². The number of carbonyl (C=O) groups excluding carboxylic acids is 2. The van der Waals surface area contributed by atoms with Crippen molar-refractivity contribution in [2.45, 2.75) is 37.5 Å². The van der Waals surface area contributed by atoms with Crippen molar-refractivity contribution >= 4 is 21.8 Å². The maximum absolute atomic E-state index is 12.8. The average molecular weight is 490 g/mol. The second-order valence-electron chi connectivity index (χ2n) is 8.92. The molecule has 1 heterocycles. The molecular weight excluding hydrogens is 458 g/mol. The topological polar surface area (TPSA) is 114 Å². The molecule has 10 heteroatoms. The summed E-state index contributed by atoms with van der Waals surface area (Å²) in [7, 11) is -3.73. The standard InChI is InChI=1S/C24H31N3O6S/c1-24(2,3)19-7-9-20(10-8-19)33-14-11-22(28)25-26-23(29)18-5-4-6-21(17-18)34(30,31)27-12-15-32-16-13-27/h4-10,17H,11-16H2,1-3H3,(H,25,28)(H,26,29). The molecule has 3 rings (SSSR count). The number of nitrogens with zero attached hydrogens (tertiary/aromatic N) is 1. The van der Waals surface area contributed by atoms with Gasteiger partial charge >= 0.3 is 0 Å². The summed E-state index contributed by atoms with van der Waals surface area (Å²) in [5.41, 5.74) is 5.97. The first kappa shape index (κ1) is 25.7. The summed E-state index contributed by atoms with van der Waals surface area (Å²) in [6.07, 6.45) is 0.0345. The molecule has 0 aliphatic carbocycles. The van der Waals surface area contributed by atoms with E-state index in [1.54, 1.807) is 0 Å². The van der Waals surface area contributed by atoms with Crippen molar-refractivity contribution in [2.75, 3.05) is 32.9 Å². The van der Waals surface area contributed by atoms with E-state index in [1.807, 2.05) is 24.3 Å². The number of sulfonamides is 1. The Hall–Kier alpha value is -2.95. The number of morpholine rings is 1. The number of nitrogens with one attached hydrogen (secondary N) is 2. The number of hydrogen-bond donors (Lipinski definition) is 2. The fourth-order valence-electron chi connectivity index (χ4n) is 3.31. The highest BCUT2D eigenvalue weighted by Crippen LogP contribution is 2.24. The number of hydrazine groups is 1. The van der Waals surface area contributed by atoms with Crippen LogP contribution in [0.2, 0.25) is 0 Å². The van der Waals surface area contributed by atoms with Gasteiger partial charge in [-0.15, -0.1) is 0 Å². The first-order chi connectivity index (χ1) is 16.1. The molecule has 1 aliphatic heterocycles. The van der Waals surface area contributed by atoms with E-state index in [9.17, 15) is 18.0 Å². The van der Waals surface area contributed by atoms with Crippen molar-refractivity contribution in [1.82, 2.24) is 15.2 Å². The molecule has 2 aromatic rings. The number of rotatable bonds is 7. The monoisotopic (exact) mass is 489 g/mol. The van der Waals surface area contributed by atoms with E-state index in [2.05, 4.69) is 31.6 Å². The maximum Gasteiger partial charge on any atom is 0.269 e. The zero-order chi connectivity index (χ0) is 24.8. The van der Waals surface area contributed by atoms with Crippen LogP contribution in [0, 0.1) is 0 Å². The molecule has 0 bridgehead atoms. The molecule has 0 aromatic heterocycles. The molecule has 1 aliphatic rings. The summed E-state index contributed by atoms with van der Waals surface area (Å²) >= 11 is 0. The highest BCUT2D eigenvalue weighted by molar-refractivity contribution is 7.89. The van der Waals surface area contributed by atoms with Gasteiger partial charge in [0.25, 0.3) is 5.91 Å². The Kier molecular flexibility index (Phi) is 8.29. The highest BCUT2D eigenvalue weighted by atomic mass is 32.2. The van der Waals surface area contributed by atoms with Crippen molar-refractivity contribution < 1.29 is 27.5 Å². The summed E-state index contributed by atoms with van der Waals surface area (Å²) in [5, 5.41) is 0. The molecule has 0 spiro atoms. The van der Waals surface area contributed by atoms with Crippen LogP contribution in [0.1, 0.15) is 43.1 Å². The average Bonchev–Trinajstić information content (AvgIpc) is 2.83. The minimum atomic E-state index is -3.73. The summed E-state index contributed by atoms with van der Waals surface area (Å²) in [4.78, 5) is 24.5. The quantitative estimate of drug-likeness (QED) is 0.577. The molecule has 34 heavy (non-hydrogen) atoms. The summed E-state index contributed by atoms with van der Waals surface area (Å²) < 4.78 is 37.7. The van der Waals surface area contributed by atoms with Gasteiger partial charge in [0.15, 0.2) is 0 Å². The molecule has 2 amide bonds. The van der Waals surface area contributed by atoms with Gasteiger partial charge in [0.05, 0.1) is 31.1 Å². The van der Waals surface area contributed by atoms with Gasteiger partial charge in [0.1, 0.15) is 5.75 Å². The molecule has 0 saturated carbocycles. The Bertz CT molecular complexity index is 1100. The van der Waals surface area contributed by atoms with Gasteiger partial charge in [0.2, 0.25) is 15.9 Å². The Morgan fingerprint density at radius 2 is 1.71 bits per heavy atom. The van der Waals surface area contributed by atoms with Crippen LogP contribution < -0.4 is 15.6 Å². The third kappa shape index (κ3) is 6.78. The molecule has 0 radical (unpaired) electrons. The second-order valence-corrected chi connectivity index (χ2v) is 10.9. The van der Waals surface area contributed by atoms with Crippen LogP contribution in [0.25, 0.3) is 0 Å². The van der Waals surface area contributed by atoms with Crippen LogP contribution in [0.15, 0.2) is 53.4 Å². The molecule has 1 fully saturated rings. The van der Waals surface area contributed by atoms with E-state index in [1.165, 1.54) is 34.1 Å². The zero-order valence-electron chi connectivity index (χ0n) is 19.7. The predicted octanol–water partition coefficient (Wildman–Crippen LogP) is 2.24. The molecule has 2 aromatic carbocycles. The van der Waals surface area contributed by atoms with E-state index in [0.717, 1.165) is 0 Å². The molecule has 1 saturated heterocycles. The van der Waals surface area contributed by atoms with Crippen molar-refractivity contribution in [3.8, 4) is 5.75 Å². The lowest BCUT2D eigenvalue weighted by atomic mass is 9.87. The van der Waals surface area contributed by atoms with Crippen LogP contribution in [-0.2, 0) is 25.0 Å². The highest BCUT2D eigenvalue weighted by Gasteiger charge is 2.27. The van der Waals surface area contributed by atoms with E-state index in [0.29, 0.717) is 19.0 Å². The largest absolute Gasteiger partial charge is 0.493 e. The smallest absolute Gasteiger partial charge is 0.269 e. The van der Waals surface area contributed by atoms with Crippen molar-refractivity contribution in [1.29, 1.82) is 0 Å². The fraction of sp³-hybridized carbons (Fsp3) is 0.417. The van der Waals surface area contributed by atoms with Crippen LogP contribution in [0.5, 0.6) is 5.75 Å². The SMILES string of the molecule is CC(C)(C)c1ccc(OCCC(=O)NNC(=O)c2cccc(S(=O)(=O)N3CCOCC3)c2)cc1. The molecule has 2 N–H and O–H groups in total. The summed E-state index contributed by atoms with van der Waals surface area (Å²) in [5.74, 6) is -0.397. The van der Waals surface area contributed by atoms with Crippen molar-refractivity contribution in [2.24, 2.45) is 0 Å². The van der Waals surface area contributed by atoms with Crippen molar-refractivity contribution in [3.63, 3.8) is 0 Å². The fourth-order valence-corrected chi connectivity index (χ4v) is 4.76. The van der Waals surface area contributed by atoms with Crippen LogP contribution in [-0.4, -0.2) is 57.4 Å². The second kappa shape index (κ2) is 11.0. The lowest BCUT2D eigenvalue weighted by Gasteiger charge is -2.26. The molecule has 9 nitrogen and oxygen atoms in total. The Morgan fingerprint density at radius 1 is 1.03 bits per heavy atom. The maximum atomic E-state index is 12.8.